The van der Waals surface area contributed by atoms with Gasteiger partial charge in [-0.2, -0.15) is 0 Å². The second kappa shape index (κ2) is 7.86. The minimum Gasteiger partial charge on any atom is -0.457 e. The maximum atomic E-state index is 12.9. The van der Waals surface area contributed by atoms with Gasteiger partial charge in [0.2, 0.25) is 5.91 Å². The molecule has 7 heteroatoms. The zero-order valence-electron chi connectivity index (χ0n) is 14.2. The summed E-state index contributed by atoms with van der Waals surface area (Å²) in [5.74, 6) is 0.904. The summed E-state index contributed by atoms with van der Waals surface area (Å²) >= 11 is 0. The second-order valence-electron chi connectivity index (χ2n) is 6.45. The highest BCUT2D eigenvalue weighted by molar-refractivity contribution is 7.91. The third-order valence-corrected chi connectivity index (χ3v) is 6.10. The molecule has 0 saturated carbocycles. The zero-order chi connectivity index (χ0) is 18.6. The monoisotopic (exact) mass is 377 g/mol. The molecule has 0 aromatic heterocycles. The van der Waals surface area contributed by atoms with Gasteiger partial charge in [-0.3, -0.25) is 4.79 Å². The maximum absolute atomic E-state index is 12.9. The van der Waals surface area contributed by atoms with E-state index >= 15 is 0 Å². The quantitative estimate of drug-likeness (QED) is 0.840. The number of nitrogens with one attached hydrogen (secondary N) is 1. The van der Waals surface area contributed by atoms with Gasteiger partial charge in [0, 0.05) is 13.0 Å². The Morgan fingerprint density at radius 3 is 2.27 bits per heavy atom. The van der Waals surface area contributed by atoms with E-state index in [1.807, 2.05) is 12.1 Å². The average molecular weight is 377 g/mol. The van der Waals surface area contributed by atoms with E-state index in [1.165, 1.54) is 12.1 Å². The van der Waals surface area contributed by atoms with Crippen molar-refractivity contribution in [1.29, 1.82) is 0 Å². The van der Waals surface area contributed by atoms with Crippen molar-refractivity contribution in [1.82, 2.24) is 5.32 Å². The van der Waals surface area contributed by atoms with E-state index in [0.717, 1.165) is 5.56 Å². The number of carbonyl (C=O) groups excluding carboxylic acids is 1. The summed E-state index contributed by atoms with van der Waals surface area (Å²) in [4.78, 5) is 12.0. The highest BCUT2D eigenvalue weighted by atomic mass is 32.2. The summed E-state index contributed by atoms with van der Waals surface area (Å²) in [6, 6.07) is 13.0. The lowest BCUT2D eigenvalue weighted by Gasteiger charge is -2.10. The summed E-state index contributed by atoms with van der Waals surface area (Å²) in [5, 5.41) is 2.81. The van der Waals surface area contributed by atoms with Crippen LogP contribution < -0.4 is 10.1 Å². The Balaban J connectivity index is 1.46. The molecule has 1 aliphatic rings. The number of hydrogen-bond acceptors (Lipinski definition) is 4. The Hall–Kier alpha value is -2.41. The van der Waals surface area contributed by atoms with E-state index in [4.69, 9.17) is 4.74 Å². The van der Waals surface area contributed by atoms with Gasteiger partial charge in [0.25, 0.3) is 0 Å². The van der Waals surface area contributed by atoms with Gasteiger partial charge in [0.15, 0.2) is 9.84 Å². The molecule has 0 aliphatic carbocycles. The highest BCUT2D eigenvalue weighted by Gasteiger charge is 2.29. The second-order valence-corrected chi connectivity index (χ2v) is 8.68. The number of hydrogen-bond donors (Lipinski definition) is 1. The standard InChI is InChI=1S/C19H20FNO4S/c20-16-3-7-18(8-4-16)25-17-5-1-14(2-6-17)12-21-19(22)11-15-9-10-26(23,24)13-15/h1-8,15H,9-13H2,(H,21,22). The van der Waals surface area contributed by atoms with Crippen LogP contribution in [0.15, 0.2) is 48.5 Å². The Morgan fingerprint density at radius 1 is 1.08 bits per heavy atom. The van der Waals surface area contributed by atoms with Crippen molar-refractivity contribution in [2.24, 2.45) is 5.92 Å². The molecule has 138 valence electrons. The van der Waals surface area contributed by atoms with Crippen LogP contribution >= 0.6 is 0 Å². The van der Waals surface area contributed by atoms with Crippen molar-refractivity contribution >= 4 is 15.7 Å². The van der Waals surface area contributed by atoms with E-state index in [1.54, 1.807) is 24.3 Å². The zero-order valence-corrected chi connectivity index (χ0v) is 15.0. The SMILES string of the molecule is O=C(CC1CCS(=O)(=O)C1)NCc1ccc(Oc2ccc(F)cc2)cc1. The third-order valence-electron chi connectivity index (χ3n) is 4.26. The maximum Gasteiger partial charge on any atom is 0.220 e. The molecule has 2 aromatic rings. The van der Waals surface area contributed by atoms with Crippen LogP contribution in [0.1, 0.15) is 18.4 Å². The molecule has 0 spiro atoms. The summed E-state index contributed by atoms with van der Waals surface area (Å²) in [6.45, 7) is 0.370. The van der Waals surface area contributed by atoms with Crippen LogP contribution in [0.5, 0.6) is 11.5 Å². The fraction of sp³-hybridized carbons (Fsp3) is 0.316. The summed E-state index contributed by atoms with van der Waals surface area (Å²) in [7, 11) is -2.96. The van der Waals surface area contributed by atoms with Crippen LogP contribution in [0, 0.1) is 11.7 Å². The molecule has 1 aliphatic heterocycles. The number of halogens is 1. The molecule has 2 aromatic carbocycles. The fourth-order valence-corrected chi connectivity index (χ4v) is 4.74. The number of sulfone groups is 1. The first-order valence-electron chi connectivity index (χ1n) is 8.39. The number of benzene rings is 2. The first-order valence-corrected chi connectivity index (χ1v) is 10.2. The average Bonchev–Trinajstić information content (AvgIpc) is 2.95. The highest BCUT2D eigenvalue weighted by Crippen LogP contribution is 2.23. The van der Waals surface area contributed by atoms with Gasteiger partial charge in [-0.1, -0.05) is 12.1 Å². The normalized spacial score (nSPS) is 18.4. The number of carbonyl (C=O) groups is 1. The van der Waals surface area contributed by atoms with Crippen LogP contribution in [0.25, 0.3) is 0 Å². The molecule has 1 fully saturated rings. The van der Waals surface area contributed by atoms with Gasteiger partial charge in [-0.15, -0.1) is 0 Å². The lowest BCUT2D eigenvalue weighted by molar-refractivity contribution is -0.122. The molecule has 26 heavy (non-hydrogen) atoms. The minimum atomic E-state index is -2.96. The van der Waals surface area contributed by atoms with E-state index < -0.39 is 9.84 Å². The first kappa shape index (κ1) is 18.4. The molecule has 1 unspecified atom stereocenters. The van der Waals surface area contributed by atoms with Gasteiger partial charge < -0.3 is 10.1 Å². The van der Waals surface area contributed by atoms with Crippen LogP contribution in [-0.2, 0) is 21.2 Å². The number of rotatable bonds is 6. The van der Waals surface area contributed by atoms with Crippen LogP contribution in [-0.4, -0.2) is 25.8 Å². The molecular weight excluding hydrogens is 357 g/mol. The van der Waals surface area contributed by atoms with E-state index in [0.29, 0.717) is 24.5 Å². The van der Waals surface area contributed by atoms with E-state index in [-0.39, 0.29) is 35.6 Å². The Morgan fingerprint density at radius 2 is 1.69 bits per heavy atom. The molecule has 0 bridgehead atoms. The lowest BCUT2D eigenvalue weighted by Crippen LogP contribution is -2.25. The summed E-state index contributed by atoms with van der Waals surface area (Å²) in [5.41, 5.74) is 0.906. The molecule has 1 atom stereocenters. The van der Waals surface area contributed by atoms with Gasteiger partial charge in [-0.25, -0.2) is 12.8 Å². The molecule has 1 heterocycles. The Kier molecular flexibility index (Phi) is 5.56. The van der Waals surface area contributed by atoms with Gasteiger partial charge in [-0.05, 0) is 54.3 Å². The topological polar surface area (TPSA) is 72.5 Å². The molecule has 1 amide bonds. The summed E-state index contributed by atoms with van der Waals surface area (Å²) in [6.07, 6.45) is 0.802. The van der Waals surface area contributed by atoms with Crippen LogP contribution in [0.2, 0.25) is 0 Å². The van der Waals surface area contributed by atoms with Gasteiger partial charge in [0.05, 0.1) is 11.5 Å². The van der Waals surface area contributed by atoms with Crippen molar-refractivity contribution in [3.8, 4) is 11.5 Å². The predicted molar refractivity (Wildman–Crippen MR) is 96.1 cm³/mol. The molecule has 1 N–H and O–H groups in total. The van der Waals surface area contributed by atoms with Crippen LogP contribution in [0.4, 0.5) is 4.39 Å². The van der Waals surface area contributed by atoms with Gasteiger partial charge >= 0.3 is 0 Å². The van der Waals surface area contributed by atoms with Crippen molar-refractivity contribution in [2.75, 3.05) is 11.5 Å². The van der Waals surface area contributed by atoms with Crippen molar-refractivity contribution in [2.45, 2.75) is 19.4 Å². The summed E-state index contributed by atoms with van der Waals surface area (Å²) < 4.78 is 41.3. The molecule has 0 radical (unpaired) electrons. The molecule has 5 nitrogen and oxygen atoms in total. The number of ether oxygens (including phenoxy) is 1. The number of amides is 1. The van der Waals surface area contributed by atoms with E-state index in [2.05, 4.69) is 5.32 Å². The van der Waals surface area contributed by atoms with E-state index in [9.17, 15) is 17.6 Å². The third kappa shape index (κ3) is 5.29. The largest absolute Gasteiger partial charge is 0.457 e. The Labute approximate surface area is 152 Å². The van der Waals surface area contributed by atoms with Gasteiger partial charge in [0.1, 0.15) is 17.3 Å². The van der Waals surface area contributed by atoms with Crippen molar-refractivity contribution in [3.05, 3.63) is 59.9 Å². The smallest absolute Gasteiger partial charge is 0.220 e. The molecule has 3 rings (SSSR count). The fourth-order valence-electron chi connectivity index (χ4n) is 2.88. The van der Waals surface area contributed by atoms with Crippen molar-refractivity contribution in [3.63, 3.8) is 0 Å². The molecular formula is C19H20FNO4S. The first-order chi connectivity index (χ1) is 12.4. The minimum absolute atomic E-state index is 0.0773. The predicted octanol–water partition coefficient (Wildman–Crippen LogP) is 3.06. The molecule has 1 saturated heterocycles. The van der Waals surface area contributed by atoms with Crippen LogP contribution in [0.3, 0.4) is 0 Å². The lowest BCUT2D eigenvalue weighted by atomic mass is 10.1. The Bertz CT molecular complexity index is 863. The van der Waals surface area contributed by atoms with Crippen molar-refractivity contribution < 1.29 is 22.3 Å².